The third kappa shape index (κ3) is 8.28. The van der Waals surface area contributed by atoms with Gasteiger partial charge in [-0.15, -0.1) is 0 Å². The Hall–Kier alpha value is -3.35. The second-order valence-corrected chi connectivity index (χ2v) is 10.4. The Kier molecular flexibility index (Phi) is 13.7. The zero-order chi connectivity index (χ0) is 28.5. The number of nitrogens with zero attached hydrogens (tertiary/aromatic N) is 6. The Morgan fingerprint density at radius 3 is 2.60 bits per heavy atom. The van der Waals surface area contributed by atoms with E-state index in [0.717, 1.165) is 36.0 Å². The summed E-state index contributed by atoms with van der Waals surface area (Å²) in [5.41, 5.74) is 2.59. The number of hydrogen-bond acceptors (Lipinski definition) is 9. The summed E-state index contributed by atoms with van der Waals surface area (Å²) in [7, 11) is 0. The standard InChI is InChI=1S/C30H29FN6O4.CH4.3H2S/c1-18-27(41-30-7-9-33-28(35-30)17-40-26-6-4-22(31)11-21(26)13-32)15-36(18)16-29-34-24-5-3-20(19(2)38)12-25(24)37(29)14-23-8-10-39-23;;;;/h3-7,9,11-12,18,23,27H,8,10,14-17H2,1-2H3;1H4;3*1H2/t18-,23-,27-;;;;/m0..../s1. The maximum atomic E-state index is 13.4. The van der Waals surface area contributed by atoms with E-state index in [1.54, 1.807) is 19.2 Å². The molecule has 14 heteroatoms. The van der Waals surface area contributed by atoms with Crippen molar-refractivity contribution in [3.8, 4) is 17.7 Å². The summed E-state index contributed by atoms with van der Waals surface area (Å²) < 4.78 is 33.1. The zero-order valence-corrected chi connectivity index (χ0v) is 27.3. The highest BCUT2D eigenvalue weighted by molar-refractivity contribution is 7.59. The molecule has 2 saturated heterocycles. The molecule has 10 nitrogen and oxygen atoms in total. The second-order valence-electron chi connectivity index (χ2n) is 10.4. The van der Waals surface area contributed by atoms with E-state index in [0.29, 0.717) is 36.9 Å². The van der Waals surface area contributed by atoms with Crippen LogP contribution in [0, 0.1) is 17.1 Å². The summed E-state index contributed by atoms with van der Waals surface area (Å²) in [5, 5.41) is 9.22. The lowest BCUT2D eigenvalue weighted by Gasteiger charge is -2.45. The average molecular weight is 675 g/mol. The predicted molar refractivity (Wildman–Crippen MR) is 184 cm³/mol. The van der Waals surface area contributed by atoms with Gasteiger partial charge in [-0.2, -0.15) is 50.7 Å². The number of ketones is 1. The first-order chi connectivity index (χ1) is 19.9. The monoisotopic (exact) mass is 674 g/mol. The number of aromatic nitrogens is 4. The number of ether oxygens (including phenoxy) is 3. The van der Waals surface area contributed by atoms with Crippen LogP contribution in [0.15, 0.2) is 48.7 Å². The number of rotatable bonds is 10. The molecule has 2 fully saturated rings. The fourth-order valence-electron chi connectivity index (χ4n) is 5.05. The van der Waals surface area contributed by atoms with Gasteiger partial charge in [0.2, 0.25) is 5.88 Å². The molecule has 2 aromatic heterocycles. The van der Waals surface area contributed by atoms with Gasteiger partial charge in [0.25, 0.3) is 0 Å². The van der Waals surface area contributed by atoms with E-state index in [9.17, 15) is 14.4 Å². The number of imidazole rings is 1. The Balaban J connectivity index is 0.00000176. The molecule has 2 aliphatic heterocycles. The first-order valence-corrected chi connectivity index (χ1v) is 13.5. The summed E-state index contributed by atoms with van der Waals surface area (Å²) in [6, 6.07) is 13.2. The van der Waals surface area contributed by atoms with E-state index in [4.69, 9.17) is 19.2 Å². The Bertz CT molecular complexity index is 1660. The fraction of sp³-hybridized carbons (Fsp3) is 0.387. The number of halogens is 1. The molecule has 0 aliphatic carbocycles. The van der Waals surface area contributed by atoms with Crippen molar-refractivity contribution in [2.75, 3.05) is 13.2 Å². The van der Waals surface area contributed by atoms with Gasteiger partial charge in [0.15, 0.2) is 11.6 Å². The largest absolute Gasteiger partial charge is 0.484 e. The van der Waals surface area contributed by atoms with Crippen molar-refractivity contribution in [3.05, 3.63) is 77.3 Å². The second kappa shape index (κ2) is 16.3. The molecule has 2 aromatic carbocycles. The molecule has 0 N–H and O–H groups in total. The Morgan fingerprint density at radius 2 is 1.93 bits per heavy atom. The van der Waals surface area contributed by atoms with Crippen LogP contribution in [0.2, 0.25) is 0 Å². The Labute approximate surface area is 283 Å². The molecule has 0 unspecified atom stereocenters. The highest BCUT2D eigenvalue weighted by Crippen LogP contribution is 2.28. The number of Topliss-reactive ketones (excluding diaryl/α,β-unsaturated/α-hetero) is 1. The highest BCUT2D eigenvalue weighted by Gasteiger charge is 2.38. The maximum Gasteiger partial charge on any atom is 0.217 e. The summed E-state index contributed by atoms with van der Waals surface area (Å²) in [6.07, 6.45) is 2.69. The smallest absolute Gasteiger partial charge is 0.217 e. The maximum absolute atomic E-state index is 13.4. The van der Waals surface area contributed by atoms with Gasteiger partial charge < -0.3 is 18.8 Å². The fourth-order valence-corrected chi connectivity index (χ4v) is 5.05. The third-order valence-corrected chi connectivity index (χ3v) is 7.66. The van der Waals surface area contributed by atoms with Crippen LogP contribution < -0.4 is 9.47 Å². The minimum absolute atomic E-state index is 0. The van der Waals surface area contributed by atoms with E-state index < -0.39 is 5.82 Å². The molecule has 4 aromatic rings. The quantitative estimate of drug-likeness (QED) is 0.214. The van der Waals surface area contributed by atoms with E-state index >= 15 is 0 Å². The van der Waals surface area contributed by atoms with Gasteiger partial charge in [-0.1, -0.05) is 7.43 Å². The van der Waals surface area contributed by atoms with Crippen LogP contribution in [0.25, 0.3) is 11.0 Å². The van der Waals surface area contributed by atoms with Crippen molar-refractivity contribution in [2.45, 2.75) is 65.6 Å². The van der Waals surface area contributed by atoms with Crippen LogP contribution in [0.1, 0.15) is 55.3 Å². The van der Waals surface area contributed by atoms with Crippen LogP contribution in [-0.4, -0.2) is 61.6 Å². The summed E-state index contributed by atoms with van der Waals surface area (Å²) in [6.45, 7) is 6.50. The molecule has 0 radical (unpaired) electrons. The molecular weight excluding hydrogens is 636 g/mol. The minimum Gasteiger partial charge on any atom is -0.484 e. The number of nitriles is 1. The lowest BCUT2D eigenvalue weighted by Crippen LogP contribution is -2.60. The molecule has 0 bridgehead atoms. The van der Waals surface area contributed by atoms with Gasteiger partial charge >= 0.3 is 0 Å². The van der Waals surface area contributed by atoms with Gasteiger partial charge in [0.1, 0.15) is 36.2 Å². The molecule has 0 amide bonds. The number of carbonyl (C=O) groups is 1. The average Bonchev–Trinajstić information content (AvgIpc) is 3.29. The van der Waals surface area contributed by atoms with Crippen molar-refractivity contribution in [1.29, 1.82) is 5.26 Å². The van der Waals surface area contributed by atoms with Crippen molar-refractivity contribution < 1.29 is 23.4 Å². The molecule has 3 atom stereocenters. The molecule has 2 aliphatic rings. The predicted octanol–water partition coefficient (Wildman–Crippen LogP) is 5.03. The van der Waals surface area contributed by atoms with Crippen molar-refractivity contribution in [3.63, 3.8) is 0 Å². The normalized spacial score (nSPS) is 18.4. The summed E-state index contributed by atoms with van der Waals surface area (Å²) in [4.78, 5) is 27.9. The zero-order valence-electron chi connectivity index (χ0n) is 24.3. The van der Waals surface area contributed by atoms with E-state index in [1.807, 2.05) is 24.3 Å². The molecule has 4 heterocycles. The Morgan fingerprint density at radius 1 is 1.16 bits per heavy atom. The SMILES string of the molecule is C.CC(=O)c1ccc2nc(CN3C[C@H](Oc4ccnc(COc5ccc(F)cc5C#N)n4)[C@@H]3C)n(C[C@@H]3CCO3)c2c1.S.S.S. The van der Waals surface area contributed by atoms with E-state index in [1.165, 1.54) is 12.1 Å². The molecule has 242 valence electrons. The first kappa shape index (κ1) is 37.8. The van der Waals surface area contributed by atoms with Crippen LogP contribution in [0.4, 0.5) is 4.39 Å². The highest BCUT2D eigenvalue weighted by atomic mass is 32.1. The van der Waals surface area contributed by atoms with Gasteiger partial charge in [0, 0.05) is 37.0 Å². The molecule has 0 spiro atoms. The molecule has 6 rings (SSSR count). The summed E-state index contributed by atoms with van der Waals surface area (Å²) >= 11 is 0. The minimum atomic E-state index is -0.504. The van der Waals surface area contributed by atoms with Crippen LogP contribution >= 0.6 is 40.5 Å². The number of hydrogen-bond donors (Lipinski definition) is 0. The van der Waals surface area contributed by atoms with Gasteiger partial charge in [-0.3, -0.25) is 9.69 Å². The van der Waals surface area contributed by atoms with Crippen molar-refractivity contribution in [1.82, 2.24) is 24.4 Å². The topological polar surface area (TPSA) is 115 Å². The third-order valence-electron chi connectivity index (χ3n) is 7.66. The van der Waals surface area contributed by atoms with Crippen LogP contribution in [0.5, 0.6) is 11.6 Å². The number of benzene rings is 2. The van der Waals surface area contributed by atoms with Crippen LogP contribution in [0.3, 0.4) is 0 Å². The number of fused-ring (bicyclic) bond motifs is 1. The number of likely N-dealkylation sites (tertiary alicyclic amines) is 1. The van der Waals surface area contributed by atoms with Gasteiger partial charge in [0.05, 0.1) is 35.8 Å². The lowest BCUT2D eigenvalue weighted by atomic mass is 10.0. The molecular formula is C31H39FN6O4S3. The van der Waals surface area contributed by atoms with Gasteiger partial charge in [-0.05, 0) is 56.7 Å². The van der Waals surface area contributed by atoms with E-state index in [-0.39, 0.29) is 89.9 Å². The number of carbonyl (C=O) groups excluding carboxylic acids is 1. The first-order valence-electron chi connectivity index (χ1n) is 13.5. The van der Waals surface area contributed by atoms with Crippen LogP contribution in [-0.2, 0) is 24.4 Å². The lowest BCUT2D eigenvalue weighted by molar-refractivity contribution is -0.0616. The molecule has 0 saturated carbocycles. The van der Waals surface area contributed by atoms with Gasteiger partial charge in [-0.25, -0.2) is 14.4 Å². The van der Waals surface area contributed by atoms with E-state index in [2.05, 4.69) is 26.4 Å². The van der Waals surface area contributed by atoms with Crippen molar-refractivity contribution in [2.24, 2.45) is 0 Å². The molecule has 45 heavy (non-hydrogen) atoms. The summed E-state index contributed by atoms with van der Waals surface area (Å²) in [5.74, 6) is 1.53. The van der Waals surface area contributed by atoms with Crippen molar-refractivity contribution >= 4 is 57.3 Å².